The average molecular weight is 348 g/mol. The molecule has 134 valence electrons. The molecule has 1 N–H and O–H groups in total. The Bertz CT molecular complexity index is 965. The second kappa shape index (κ2) is 6.94. The zero-order valence-electron chi connectivity index (χ0n) is 15.1. The first-order valence-electron chi connectivity index (χ1n) is 9.41. The molecule has 2 heterocycles. The number of hydrogen-bond acceptors (Lipinski definition) is 2. The molecule has 2 aromatic carbocycles. The van der Waals surface area contributed by atoms with E-state index in [0.717, 1.165) is 59.7 Å². The molecule has 0 radical (unpaired) electrons. The average Bonchev–Trinajstić information content (AvgIpc) is 3.04. The summed E-state index contributed by atoms with van der Waals surface area (Å²) < 4.78 is 0. The van der Waals surface area contributed by atoms with Gasteiger partial charge in [0.2, 0.25) is 5.91 Å². The molecule has 0 aliphatic carbocycles. The third-order valence-electron chi connectivity index (χ3n) is 5.67. The van der Waals surface area contributed by atoms with E-state index >= 15 is 0 Å². The predicted octanol–water partition coefficient (Wildman–Crippen LogP) is 4.54. The van der Waals surface area contributed by atoms with E-state index in [4.69, 9.17) is 0 Å². The molecule has 26 heavy (non-hydrogen) atoms. The molecule has 4 rings (SSSR count). The van der Waals surface area contributed by atoms with E-state index in [1.54, 1.807) is 6.92 Å². The first-order valence-corrected chi connectivity index (χ1v) is 9.41. The number of benzene rings is 2. The second-order valence-corrected chi connectivity index (χ2v) is 7.34. The van der Waals surface area contributed by atoms with E-state index < -0.39 is 0 Å². The monoisotopic (exact) mass is 348 g/mol. The molecule has 1 aromatic heterocycles. The number of ketones is 1. The van der Waals surface area contributed by atoms with Gasteiger partial charge in [0, 0.05) is 53.8 Å². The quantitative estimate of drug-likeness (QED) is 0.704. The zero-order valence-corrected chi connectivity index (χ0v) is 15.1. The van der Waals surface area contributed by atoms with Crippen LogP contribution in [0.5, 0.6) is 0 Å². The summed E-state index contributed by atoms with van der Waals surface area (Å²) in [5.41, 5.74) is 2.96. The Morgan fingerprint density at radius 1 is 1.04 bits per heavy atom. The van der Waals surface area contributed by atoms with Gasteiger partial charge in [0.25, 0.3) is 0 Å². The molecule has 0 saturated carbocycles. The van der Waals surface area contributed by atoms with Crippen molar-refractivity contribution in [2.75, 3.05) is 13.1 Å². The number of nitrogens with zero attached hydrogens (tertiary/aromatic N) is 1. The van der Waals surface area contributed by atoms with E-state index in [1.165, 1.54) is 0 Å². The minimum Gasteiger partial charge on any atom is -0.355 e. The summed E-state index contributed by atoms with van der Waals surface area (Å²) in [6.07, 6.45) is 3.51. The lowest BCUT2D eigenvalue weighted by Gasteiger charge is -2.31. The van der Waals surface area contributed by atoms with Gasteiger partial charge >= 0.3 is 0 Å². The lowest BCUT2D eigenvalue weighted by Crippen LogP contribution is -2.37. The molecule has 0 bridgehead atoms. The van der Waals surface area contributed by atoms with Crippen LogP contribution in [0.4, 0.5) is 0 Å². The highest BCUT2D eigenvalue weighted by Crippen LogP contribution is 2.27. The van der Waals surface area contributed by atoms with Gasteiger partial charge in [0.05, 0.1) is 0 Å². The number of rotatable bonds is 4. The molecule has 0 atom stereocenters. The Hall–Kier alpha value is -2.62. The zero-order chi connectivity index (χ0) is 18.1. The van der Waals surface area contributed by atoms with Gasteiger partial charge in [-0.15, -0.1) is 0 Å². The van der Waals surface area contributed by atoms with Gasteiger partial charge in [0.1, 0.15) is 0 Å². The smallest absolute Gasteiger partial charge is 0.219 e. The maximum absolute atomic E-state index is 12.7. The Labute approximate surface area is 153 Å². The van der Waals surface area contributed by atoms with Crippen molar-refractivity contribution in [3.05, 3.63) is 48.0 Å². The highest BCUT2D eigenvalue weighted by atomic mass is 16.2. The highest BCUT2D eigenvalue weighted by molar-refractivity contribution is 6.10. The number of aromatic nitrogens is 1. The number of carbonyl (C=O) groups is 2. The Kier molecular flexibility index (Phi) is 4.49. The first kappa shape index (κ1) is 16.8. The van der Waals surface area contributed by atoms with Gasteiger partial charge in [-0.05, 0) is 49.4 Å². The first-order chi connectivity index (χ1) is 12.6. The van der Waals surface area contributed by atoms with Gasteiger partial charge in [-0.3, -0.25) is 9.59 Å². The molecule has 1 fully saturated rings. The van der Waals surface area contributed by atoms with Crippen molar-refractivity contribution in [3.63, 3.8) is 0 Å². The molecule has 1 aliphatic heterocycles. The molecule has 1 amide bonds. The molecule has 4 heteroatoms. The van der Waals surface area contributed by atoms with Crippen LogP contribution in [0.15, 0.2) is 42.5 Å². The molecule has 1 saturated heterocycles. The summed E-state index contributed by atoms with van der Waals surface area (Å²) in [5, 5.41) is 2.27. The number of fused-ring (bicyclic) bond motifs is 3. The number of aromatic amines is 1. The van der Waals surface area contributed by atoms with Crippen LogP contribution in [0.3, 0.4) is 0 Å². The van der Waals surface area contributed by atoms with Crippen molar-refractivity contribution in [2.45, 2.75) is 32.6 Å². The third kappa shape index (κ3) is 3.24. The maximum atomic E-state index is 12.7. The number of Topliss-reactive ketones (excluding diaryl/α,β-unsaturated/α-hetero) is 1. The summed E-state index contributed by atoms with van der Waals surface area (Å²) in [6, 6.07) is 14.1. The lowest BCUT2D eigenvalue weighted by atomic mass is 9.90. The van der Waals surface area contributed by atoms with Crippen LogP contribution in [-0.4, -0.2) is 34.7 Å². The molecule has 3 aromatic rings. The van der Waals surface area contributed by atoms with Gasteiger partial charge in [-0.25, -0.2) is 0 Å². The summed E-state index contributed by atoms with van der Waals surface area (Å²) >= 11 is 0. The molecule has 0 unspecified atom stereocenters. The van der Waals surface area contributed by atoms with E-state index in [-0.39, 0.29) is 11.7 Å². The van der Waals surface area contributed by atoms with Crippen molar-refractivity contribution in [3.8, 4) is 0 Å². The molecular weight excluding hydrogens is 324 g/mol. The Morgan fingerprint density at radius 3 is 2.54 bits per heavy atom. The number of nitrogens with one attached hydrogen (secondary N) is 1. The molecule has 4 nitrogen and oxygen atoms in total. The van der Waals surface area contributed by atoms with Crippen LogP contribution in [-0.2, 0) is 4.79 Å². The number of likely N-dealkylation sites (tertiary alicyclic amines) is 1. The Morgan fingerprint density at radius 2 is 1.77 bits per heavy atom. The third-order valence-corrected chi connectivity index (χ3v) is 5.67. The normalized spacial score (nSPS) is 15.7. The van der Waals surface area contributed by atoms with Crippen LogP contribution in [0.2, 0.25) is 0 Å². The summed E-state index contributed by atoms with van der Waals surface area (Å²) in [4.78, 5) is 29.4. The van der Waals surface area contributed by atoms with E-state index in [2.05, 4.69) is 17.1 Å². The number of piperidine rings is 1. The highest BCUT2D eigenvalue weighted by Gasteiger charge is 2.21. The molecule has 0 spiro atoms. The minimum atomic E-state index is 0.159. The summed E-state index contributed by atoms with van der Waals surface area (Å²) in [5.74, 6) is 0.920. The van der Waals surface area contributed by atoms with Crippen molar-refractivity contribution in [1.29, 1.82) is 0 Å². The van der Waals surface area contributed by atoms with E-state index in [9.17, 15) is 9.59 Å². The van der Waals surface area contributed by atoms with Crippen molar-refractivity contribution in [2.24, 2.45) is 5.92 Å². The van der Waals surface area contributed by atoms with Crippen LogP contribution in [0, 0.1) is 5.92 Å². The van der Waals surface area contributed by atoms with Gasteiger partial charge in [0.15, 0.2) is 5.78 Å². The lowest BCUT2D eigenvalue weighted by molar-refractivity contribution is -0.130. The summed E-state index contributed by atoms with van der Waals surface area (Å²) in [7, 11) is 0. The topological polar surface area (TPSA) is 53.2 Å². The van der Waals surface area contributed by atoms with E-state index in [1.807, 2.05) is 35.2 Å². The van der Waals surface area contributed by atoms with Crippen molar-refractivity contribution in [1.82, 2.24) is 9.88 Å². The minimum absolute atomic E-state index is 0.159. The number of para-hydroxylation sites is 1. The van der Waals surface area contributed by atoms with Gasteiger partial charge in [-0.2, -0.15) is 0 Å². The Balaban J connectivity index is 1.43. The van der Waals surface area contributed by atoms with Gasteiger partial charge < -0.3 is 9.88 Å². The number of H-pyrrole nitrogens is 1. The van der Waals surface area contributed by atoms with Crippen molar-refractivity contribution < 1.29 is 9.59 Å². The standard InChI is InChI=1S/C22H24N2O2/c1-15(25)24-12-10-16(11-13-24)6-9-22(26)17-7-8-21-19(14-17)18-4-2-3-5-20(18)23-21/h2-5,7-8,14,16,23H,6,9-13H2,1H3. The number of hydrogen-bond donors (Lipinski definition) is 1. The van der Waals surface area contributed by atoms with Crippen LogP contribution in [0.1, 0.15) is 43.0 Å². The fraction of sp³-hybridized carbons (Fsp3) is 0.364. The van der Waals surface area contributed by atoms with Crippen LogP contribution < -0.4 is 0 Å². The predicted molar refractivity (Wildman–Crippen MR) is 104 cm³/mol. The summed E-state index contributed by atoms with van der Waals surface area (Å²) in [6.45, 7) is 3.29. The van der Waals surface area contributed by atoms with Crippen LogP contribution >= 0.6 is 0 Å². The fourth-order valence-electron chi connectivity index (χ4n) is 4.04. The second-order valence-electron chi connectivity index (χ2n) is 7.34. The number of carbonyl (C=O) groups excluding carboxylic acids is 2. The van der Waals surface area contributed by atoms with E-state index in [0.29, 0.717) is 12.3 Å². The number of amides is 1. The fourth-order valence-corrected chi connectivity index (χ4v) is 4.04. The van der Waals surface area contributed by atoms with Gasteiger partial charge in [-0.1, -0.05) is 18.2 Å². The van der Waals surface area contributed by atoms with Crippen LogP contribution in [0.25, 0.3) is 21.8 Å². The molecule has 1 aliphatic rings. The largest absolute Gasteiger partial charge is 0.355 e. The maximum Gasteiger partial charge on any atom is 0.219 e. The molecular formula is C22H24N2O2. The van der Waals surface area contributed by atoms with Crippen molar-refractivity contribution >= 4 is 33.5 Å². The SMILES string of the molecule is CC(=O)N1CCC(CCC(=O)c2ccc3[nH]c4ccccc4c3c2)CC1.